The molecule has 21 heavy (non-hydrogen) atoms. The maximum Gasteiger partial charge on any atom is 0.308 e. The highest BCUT2D eigenvalue weighted by molar-refractivity contribution is 5.92. The summed E-state index contributed by atoms with van der Waals surface area (Å²) in [6.45, 7) is 3.24. The third-order valence-electron chi connectivity index (χ3n) is 3.47. The second-order valence-corrected chi connectivity index (χ2v) is 4.91. The Balaban J connectivity index is 2.01. The lowest BCUT2D eigenvalue weighted by atomic mass is 10.1. The summed E-state index contributed by atoms with van der Waals surface area (Å²) in [7, 11) is 0. The molecule has 0 bridgehead atoms. The predicted molar refractivity (Wildman–Crippen MR) is 79.0 cm³/mol. The van der Waals surface area contributed by atoms with E-state index in [1.54, 1.807) is 11.0 Å². The Morgan fingerprint density at radius 3 is 2.86 bits per heavy atom. The largest absolute Gasteiger partial charge is 0.493 e. The molecule has 1 heterocycles. The van der Waals surface area contributed by atoms with E-state index < -0.39 is 11.9 Å². The SMILES string of the molecule is CCOc1ccccc1/C=C/C(=O)N1CCC(C(=O)O)C1. The number of nitrogens with zero attached hydrogens (tertiary/aromatic N) is 1. The van der Waals surface area contributed by atoms with Crippen molar-refractivity contribution in [1.82, 2.24) is 4.90 Å². The first-order valence-corrected chi connectivity index (χ1v) is 7.03. The van der Waals surface area contributed by atoms with Gasteiger partial charge in [0.05, 0.1) is 12.5 Å². The number of rotatable bonds is 5. The third kappa shape index (κ3) is 3.84. The summed E-state index contributed by atoms with van der Waals surface area (Å²) in [5.74, 6) is -0.715. The maximum absolute atomic E-state index is 12.1. The number of ether oxygens (including phenoxy) is 1. The van der Waals surface area contributed by atoms with Gasteiger partial charge in [-0.1, -0.05) is 18.2 Å². The fourth-order valence-corrected chi connectivity index (χ4v) is 2.33. The van der Waals surface area contributed by atoms with Gasteiger partial charge in [0.1, 0.15) is 5.75 Å². The zero-order valence-corrected chi connectivity index (χ0v) is 12.0. The minimum absolute atomic E-state index is 0.162. The Hall–Kier alpha value is -2.30. The summed E-state index contributed by atoms with van der Waals surface area (Å²) in [6.07, 6.45) is 3.70. The Morgan fingerprint density at radius 1 is 1.43 bits per heavy atom. The zero-order valence-electron chi connectivity index (χ0n) is 12.0. The Morgan fingerprint density at radius 2 is 2.19 bits per heavy atom. The maximum atomic E-state index is 12.1. The van der Waals surface area contributed by atoms with Crippen molar-refractivity contribution in [2.75, 3.05) is 19.7 Å². The molecule has 0 saturated carbocycles. The van der Waals surface area contributed by atoms with Gasteiger partial charge in [-0.25, -0.2) is 0 Å². The Bertz CT molecular complexity index is 553. The number of hydrogen-bond acceptors (Lipinski definition) is 3. The average molecular weight is 289 g/mol. The molecule has 1 aliphatic rings. The van der Waals surface area contributed by atoms with Crippen molar-refractivity contribution < 1.29 is 19.4 Å². The normalized spacial score (nSPS) is 18.1. The van der Waals surface area contributed by atoms with E-state index in [0.29, 0.717) is 19.6 Å². The number of carbonyl (C=O) groups excluding carboxylic acids is 1. The molecule has 1 atom stereocenters. The first-order chi connectivity index (χ1) is 10.1. The average Bonchev–Trinajstić information content (AvgIpc) is 2.96. The Labute approximate surface area is 123 Å². The van der Waals surface area contributed by atoms with Crippen LogP contribution < -0.4 is 4.74 Å². The van der Waals surface area contributed by atoms with E-state index in [1.807, 2.05) is 31.2 Å². The number of likely N-dealkylation sites (tertiary alicyclic amines) is 1. The van der Waals surface area contributed by atoms with Gasteiger partial charge in [0.25, 0.3) is 0 Å². The lowest BCUT2D eigenvalue weighted by Crippen LogP contribution is -2.28. The number of benzene rings is 1. The van der Waals surface area contributed by atoms with Crippen LogP contribution in [0, 0.1) is 5.92 Å². The van der Waals surface area contributed by atoms with Crippen LogP contribution in [0.25, 0.3) is 6.08 Å². The molecule has 0 aliphatic carbocycles. The van der Waals surface area contributed by atoms with Crippen molar-refractivity contribution in [2.45, 2.75) is 13.3 Å². The molecule has 1 amide bonds. The zero-order chi connectivity index (χ0) is 15.2. The van der Waals surface area contributed by atoms with Crippen molar-refractivity contribution in [2.24, 2.45) is 5.92 Å². The van der Waals surface area contributed by atoms with Gasteiger partial charge in [-0.3, -0.25) is 9.59 Å². The van der Waals surface area contributed by atoms with Gasteiger partial charge in [-0.2, -0.15) is 0 Å². The van der Waals surface area contributed by atoms with E-state index in [0.717, 1.165) is 11.3 Å². The second kappa shape index (κ2) is 6.92. The topological polar surface area (TPSA) is 66.8 Å². The monoisotopic (exact) mass is 289 g/mol. The van der Waals surface area contributed by atoms with Gasteiger partial charge in [0.2, 0.25) is 5.91 Å². The molecule has 1 aliphatic heterocycles. The van der Waals surface area contributed by atoms with Crippen LogP contribution in [0.4, 0.5) is 0 Å². The van der Waals surface area contributed by atoms with E-state index in [1.165, 1.54) is 6.08 Å². The molecular formula is C16H19NO4. The van der Waals surface area contributed by atoms with Gasteiger partial charge in [0, 0.05) is 24.7 Å². The number of amides is 1. The van der Waals surface area contributed by atoms with Gasteiger partial charge in [-0.05, 0) is 25.5 Å². The standard InChI is InChI=1S/C16H19NO4/c1-2-21-14-6-4-3-5-12(14)7-8-15(18)17-10-9-13(11-17)16(19)20/h3-8,13H,2,9-11H2,1H3,(H,19,20)/b8-7+. The lowest BCUT2D eigenvalue weighted by molar-refractivity contribution is -0.141. The summed E-state index contributed by atoms with van der Waals surface area (Å²) >= 11 is 0. The Kier molecular flexibility index (Phi) is 4.98. The van der Waals surface area contributed by atoms with Gasteiger partial charge in [0.15, 0.2) is 0 Å². The molecule has 0 radical (unpaired) electrons. The van der Waals surface area contributed by atoms with Crippen LogP contribution in [0.2, 0.25) is 0 Å². The van der Waals surface area contributed by atoms with Crippen LogP contribution in [0.3, 0.4) is 0 Å². The van der Waals surface area contributed by atoms with E-state index in [-0.39, 0.29) is 12.5 Å². The van der Waals surface area contributed by atoms with Crippen molar-refractivity contribution in [3.8, 4) is 5.75 Å². The van der Waals surface area contributed by atoms with Gasteiger partial charge < -0.3 is 14.7 Å². The number of aliphatic carboxylic acids is 1. The highest BCUT2D eigenvalue weighted by Crippen LogP contribution is 2.20. The molecule has 5 heteroatoms. The summed E-state index contributed by atoms with van der Waals surface area (Å²) in [5.41, 5.74) is 0.835. The second-order valence-electron chi connectivity index (χ2n) is 4.91. The first kappa shape index (κ1) is 15.1. The molecular weight excluding hydrogens is 270 g/mol. The number of carboxylic acid groups (broad SMARTS) is 1. The molecule has 0 spiro atoms. The van der Waals surface area contributed by atoms with Crippen LogP contribution in [0.5, 0.6) is 5.75 Å². The van der Waals surface area contributed by atoms with Crippen molar-refractivity contribution in [3.63, 3.8) is 0 Å². The van der Waals surface area contributed by atoms with Crippen molar-refractivity contribution >= 4 is 18.0 Å². The van der Waals surface area contributed by atoms with Gasteiger partial charge in [-0.15, -0.1) is 0 Å². The molecule has 0 aromatic heterocycles. The molecule has 1 aromatic rings. The van der Waals surface area contributed by atoms with E-state index >= 15 is 0 Å². The first-order valence-electron chi connectivity index (χ1n) is 7.03. The molecule has 1 aromatic carbocycles. The minimum Gasteiger partial charge on any atom is -0.493 e. The summed E-state index contributed by atoms with van der Waals surface area (Å²) in [4.78, 5) is 24.5. The number of hydrogen-bond donors (Lipinski definition) is 1. The summed E-state index contributed by atoms with van der Waals surface area (Å²) in [6, 6.07) is 7.48. The lowest BCUT2D eigenvalue weighted by Gasteiger charge is -2.13. The van der Waals surface area contributed by atoms with E-state index in [4.69, 9.17) is 9.84 Å². The summed E-state index contributed by atoms with van der Waals surface area (Å²) in [5, 5.41) is 8.94. The number of carbonyl (C=O) groups is 2. The number of carboxylic acids is 1. The molecule has 1 unspecified atom stereocenters. The molecule has 5 nitrogen and oxygen atoms in total. The fraction of sp³-hybridized carbons (Fsp3) is 0.375. The van der Waals surface area contributed by atoms with Crippen LogP contribution in [0.15, 0.2) is 30.3 Å². The third-order valence-corrected chi connectivity index (χ3v) is 3.47. The van der Waals surface area contributed by atoms with E-state index in [9.17, 15) is 9.59 Å². The molecule has 1 saturated heterocycles. The molecule has 112 valence electrons. The van der Waals surface area contributed by atoms with Crippen LogP contribution in [0.1, 0.15) is 18.9 Å². The van der Waals surface area contributed by atoms with Crippen molar-refractivity contribution in [3.05, 3.63) is 35.9 Å². The fourth-order valence-electron chi connectivity index (χ4n) is 2.33. The highest BCUT2D eigenvalue weighted by Gasteiger charge is 2.29. The van der Waals surface area contributed by atoms with Crippen LogP contribution in [-0.2, 0) is 9.59 Å². The molecule has 1 fully saturated rings. The summed E-state index contributed by atoms with van der Waals surface area (Å²) < 4.78 is 5.49. The van der Waals surface area contributed by atoms with Gasteiger partial charge >= 0.3 is 5.97 Å². The quantitative estimate of drug-likeness (QED) is 0.842. The van der Waals surface area contributed by atoms with Crippen molar-refractivity contribution in [1.29, 1.82) is 0 Å². The predicted octanol–water partition coefficient (Wildman–Crippen LogP) is 2.03. The minimum atomic E-state index is -0.837. The molecule has 2 rings (SSSR count). The highest BCUT2D eigenvalue weighted by atomic mass is 16.5. The smallest absolute Gasteiger partial charge is 0.308 e. The molecule has 1 N–H and O–H groups in total. The number of para-hydroxylation sites is 1. The van der Waals surface area contributed by atoms with Crippen LogP contribution >= 0.6 is 0 Å². The van der Waals surface area contributed by atoms with Crippen LogP contribution in [-0.4, -0.2) is 41.6 Å². The van der Waals surface area contributed by atoms with E-state index in [2.05, 4.69) is 0 Å².